The quantitative estimate of drug-likeness (QED) is 0.395. The molecule has 3 heterocycles. The first kappa shape index (κ1) is 23.7. The molecule has 0 atom stereocenters. The van der Waals surface area contributed by atoms with Crippen molar-refractivity contribution in [1.82, 2.24) is 14.9 Å². The second-order valence-corrected chi connectivity index (χ2v) is 9.09. The van der Waals surface area contributed by atoms with E-state index in [1.165, 1.54) is 29.0 Å². The van der Waals surface area contributed by atoms with Gasteiger partial charge in [0.25, 0.3) is 5.69 Å². The highest BCUT2D eigenvalue weighted by Gasteiger charge is 2.22. The number of fused-ring (bicyclic) bond motifs is 1. The van der Waals surface area contributed by atoms with Gasteiger partial charge in [0, 0.05) is 38.4 Å². The van der Waals surface area contributed by atoms with Crippen LogP contribution >= 0.6 is 0 Å². The van der Waals surface area contributed by atoms with Crippen LogP contribution in [0.2, 0.25) is 0 Å². The Bertz CT molecular complexity index is 1270. The Morgan fingerprint density at radius 2 is 1.89 bits per heavy atom. The van der Waals surface area contributed by atoms with E-state index in [0.717, 1.165) is 25.0 Å². The minimum absolute atomic E-state index is 0.0282. The van der Waals surface area contributed by atoms with E-state index in [0.29, 0.717) is 43.6 Å². The van der Waals surface area contributed by atoms with Crippen LogP contribution in [0.25, 0.3) is 0 Å². The highest BCUT2D eigenvalue weighted by molar-refractivity contribution is 5.93. The van der Waals surface area contributed by atoms with Gasteiger partial charge in [0.2, 0.25) is 11.8 Å². The van der Waals surface area contributed by atoms with Crippen molar-refractivity contribution in [2.45, 2.75) is 26.2 Å². The molecule has 0 saturated carbocycles. The van der Waals surface area contributed by atoms with Gasteiger partial charge in [-0.25, -0.2) is 9.97 Å². The minimum atomic E-state index is -0.459. The number of carbonyl (C=O) groups excluding carboxylic acids is 1. The van der Waals surface area contributed by atoms with E-state index in [1.54, 1.807) is 24.4 Å². The van der Waals surface area contributed by atoms with E-state index in [-0.39, 0.29) is 18.1 Å². The fourth-order valence-electron chi connectivity index (χ4n) is 4.82. The van der Waals surface area contributed by atoms with Crippen LogP contribution in [0.5, 0.6) is 11.6 Å². The number of amides is 1. The summed E-state index contributed by atoms with van der Waals surface area (Å²) in [4.78, 5) is 35.9. The molecule has 1 aliphatic heterocycles. The maximum atomic E-state index is 12.8. The lowest BCUT2D eigenvalue weighted by Gasteiger charge is -2.34. The van der Waals surface area contributed by atoms with Crippen molar-refractivity contribution in [1.29, 1.82) is 0 Å². The topological polar surface area (TPSA) is 114 Å². The van der Waals surface area contributed by atoms with Gasteiger partial charge in [0.1, 0.15) is 23.5 Å². The van der Waals surface area contributed by atoms with E-state index in [9.17, 15) is 14.9 Å². The second kappa shape index (κ2) is 10.3. The first-order chi connectivity index (χ1) is 17.5. The number of hydrogen-bond acceptors (Lipinski definition) is 8. The smallest absolute Gasteiger partial charge is 0.287 e. The van der Waals surface area contributed by atoms with Crippen LogP contribution < -0.4 is 15.0 Å². The number of aryl methyl sites for hydroxylation is 1. The van der Waals surface area contributed by atoms with Crippen molar-refractivity contribution in [3.63, 3.8) is 0 Å². The molecule has 0 radical (unpaired) electrons. The SMILES string of the molecule is Cc1ccc(Oc2ncccc2NC(=O)CN2CCN(c3ccc([N+](=O)[O-])cn3)CC2)c2c1CCC2. The zero-order chi connectivity index (χ0) is 25.1. The number of aromatic nitrogens is 2. The first-order valence-electron chi connectivity index (χ1n) is 12.1. The predicted molar refractivity (Wildman–Crippen MR) is 136 cm³/mol. The molecule has 1 N–H and O–H groups in total. The molecular weight excluding hydrogens is 460 g/mol. The lowest BCUT2D eigenvalue weighted by Crippen LogP contribution is -2.48. The molecule has 0 spiro atoms. The Morgan fingerprint density at radius 3 is 2.64 bits per heavy atom. The fourth-order valence-corrected chi connectivity index (χ4v) is 4.82. The highest BCUT2D eigenvalue weighted by atomic mass is 16.6. The average molecular weight is 489 g/mol. The lowest BCUT2D eigenvalue weighted by molar-refractivity contribution is -0.385. The maximum absolute atomic E-state index is 12.8. The number of benzene rings is 1. The van der Waals surface area contributed by atoms with Crippen molar-refractivity contribution in [2.24, 2.45) is 0 Å². The van der Waals surface area contributed by atoms with Gasteiger partial charge in [0.05, 0.1) is 11.5 Å². The van der Waals surface area contributed by atoms with Gasteiger partial charge in [-0.2, -0.15) is 0 Å². The Kier molecular flexibility index (Phi) is 6.77. The third-order valence-corrected chi connectivity index (χ3v) is 6.73. The van der Waals surface area contributed by atoms with Gasteiger partial charge in [-0.3, -0.25) is 19.8 Å². The molecule has 2 aromatic heterocycles. The van der Waals surface area contributed by atoms with E-state index < -0.39 is 4.92 Å². The molecule has 1 amide bonds. The largest absolute Gasteiger partial charge is 0.437 e. The standard InChI is InChI=1S/C26H28N6O4/c1-18-7-9-23(21-5-2-4-20(18)21)36-26-22(6-3-11-27-26)29-25(33)17-30-12-14-31(15-13-30)24-10-8-19(16-28-24)32(34)35/h3,6-11,16H,2,4-5,12-15,17H2,1H3,(H,29,33). The molecule has 1 fully saturated rings. The summed E-state index contributed by atoms with van der Waals surface area (Å²) in [6.07, 6.45) is 6.11. The Balaban J connectivity index is 1.18. The summed E-state index contributed by atoms with van der Waals surface area (Å²) in [5.41, 5.74) is 4.40. The summed E-state index contributed by atoms with van der Waals surface area (Å²) in [7, 11) is 0. The van der Waals surface area contributed by atoms with Gasteiger partial charge in [-0.1, -0.05) is 6.07 Å². The molecule has 10 heteroatoms. The minimum Gasteiger partial charge on any atom is -0.437 e. The van der Waals surface area contributed by atoms with E-state index in [2.05, 4.69) is 38.1 Å². The summed E-state index contributed by atoms with van der Waals surface area (Å²) in [5, 5.41) is 13.8. The average Bonchev–Trinajstić information content (AvgIpc) is 3.39. The molecule has 5 rings (SSSR count). The Labute approximate surface area is 209 Å². The molecule has 186 valence electrons. The summed E-state index contributed by atoms with van der Waals surface area (Å²) in [5.74, 6) is 1.75. The molecule has 10 nitrogen and oxygen atoms in total. The van der Waals surface area contributed by atoms with Crippen molar-refractivity contribution in [3.05, 3.63) is 75.6 Å². The molecule has 36 heavy (non-hydrogen) atoms. The molecule has 2 aliphatic rings. The van der Waals surface area contributed by atoms with Crippen LogP contribution in [0.1, 0.15) is 23.1 Å². The molecule has 1 aromatic carbocycles. The number of anilines is 2. The Hall–Kier alpha value is -4.05. The number of nitro groups is 1. The number of hydrogen-bond donors (Lipinski definition) is 1. The van der Waals surface area contributed by atoms with Gasteiger partial charge in [-0.15, -0.1) is 0 Å². The van der Waals surface area contributed by atoms with E-state index >= 15 is 0 Å². The third-order valence-electron chi connectivity index (χ3n) is 6.73. The molecule has 0 bridgehead atoms. The zero-order valence-corrected chi connectivity index (χ0v) is 20.1. The van der Waals surface area contributed by atoms with Crippen LogP contribution in [-0.2, 0) is 17.6 Å². The van der Waals surface area contributed by atoms with Crippen LogP contribution in [0.15, 0.2) is 48.8 Å². The predicted octanol–water partition coefficient (Wildman–Crippen LogP) is 3.73. The summed E-state index contributed by atoms with van der Waals surface area (Å²) in [6, 6.07) is 10.8. The number of rotatable bonds is 7. The third kappa shape index (κ3) is 5.13. The van der Waals surface area contributed by atoms with Crippen LogP contribution in [0, 0.1) is 17.0 Å². The number of piperazine rings is 1. The normalized spacial score (nSPS) is 15.4. The van der Waals surface area contributed by atoms with Gasteiger partial charge >= 0.3 is 0 Å². The zero-order valence-electron chi connectivity index (χ0n) is 20.1. The van der Waals surface area contributed by atoms with Crippen molar-refractivity contribution < 1.29 is 14.5 Å². The summed E-state index contributed by atoms with van der Waals surface area (Å²) >= 11 is 0. The molecule has 1 saturated heterocycles. The van der Waals surface area contributed by atoms with Crippen molar-refractivity contribution in [3.8, 4) is 11.6 Å². The van der Waals surface area contributed by atoms with Gasteiger partial charge < -0.3 is 15.0 Å². The Morgan fingerprint density at radius 1 is 1.08 bits per heavy atom. The molecule has 1 aliphatic carbocycles. The lowest BCUT2D eigenvalue weighted by atomic mass is 10.0. The number of nitrogens with zero attached hydrogens (tertiary/aromatic N) is 5. The second-order valence-electron chi connectivity index (χ2n) is 9.09. The van der Waals surface area contributed by atoms with E-state index in [1.807, 2.05) is 6.07 Å². The monoisotopic (exact) mass is 488 g/mol. The first-order valence-corrected chi connectivity index (χ1v) is 12.1. The molecule has 3 aromatic rings. The van der Waals surface area contributed by atoms with Crippen molar-refractivity contribution >= 4 is 23.1 Å². The fraction of sp³-hybridized carbons (Fsp3) is 0.346. The highest BCUT2D eigenvalue weighted by Crippen LogP contribution is 2.36. The maximum Gasteiger partial charge on any atom is 0.287 e. The van der Waals surface area contributed by atoms with Crippen molar-refractivity contribution in [2.75, 3.05) is 42.9 Å². The number of nitrogens with one attached hydrogen (secondary N) is 1. The molecular formula is C26H28N6O4. The number of ether oxygens (including phenoxy) is 1. The van der Waals surface area contributed by atoms with Crippen LogP contribution in [-0.4, -0.2) is 58.4 Å². The summed E-state index contributed by atoms with van der Waals surface area (Å²) in [6.45, 7) is 5.09. The van der Waals surface area contributed by atoms with Crippen LogP contribution in [0.3, 0.4) is 0 Å². The van der Waals surface area contributed by atoms with Gasteiger partial charge in [0.15, 0.2) is 0 Å². The van der Waals surface area contributed by atoms with Crippen LogP contribution in [0.4, 0.5) is 17.2 Å². The number of pyridine rings is 2. The van der Waals surface area contributed by atoms with E-state index in [4.69, 9.17) is 4.74 Å². The number of carbonyl (C=O) groups is 1. The summed E-state index contributed by atoms with van der Waals surface area (Å²) < 4.78 is 6.19. The van der Waals surface area contributed by atoms with Gasteiger partial charge in [-0.05, 0) is 67.1 Å². The molecule has 0 unspecified atom stereocenters.